The number of anilines is 1. The molecule has 0 saturated heterocycles. The molecule has 3 aromatic rings. The van der Waals surface area contributed by atoms with E-state index in [2.05, 4.69) is 20.4 Å². The van der Waals surface area contributed by atoms with Gasteiger partial charge in [-0.25, -0.2) is 0 Å². The molecule has 3 aromatic heterocycles. The Morgan fingerprint density at radius 3 is 2.89 bits per heavy atom. The number of aryl methyl sites for hydroxylation is 1. The molecule has 0 saturated carbocycles. The lowest BCUT2D eigenvalue weighted by atomic mass is 10.4. The Morgan fingerprint density at radius 1 is 1.37 bits per heavy atom. The Balaban J connectivity index is 2.20. The maximum Gasteiger partial charge on any atom is 0.178 e. The first-order valence-electron chi connectivity index (χ1n) is 5.70. The first-order valence-corrected chi connectivity index (χ1v) is 5.70. The maximum atomic E-state index is 8.87. The molecule has 0 unspecified atom stereocenters. The Bertz CT molecular complexity index is 791. The van der Waals surface area contributed by atoms with Crippen LogP contribution < -0.4 is 5.73 Å². The number of rotatable bonds is 2. The van der Waals surface area contributed by atoms with E-state index in [4.69, 9.17) is 11.0 Å². The number of aromatic nitrogens is 6. The van der Waals surface area contributed by atoms with Gasteiger partial charge in [0, 0.05) is 6.42 Å². The molecule has 0 aliphatic carbocycles. The van der Waals surface area contributed by atoms with Gasteiger partial charge in [-0.1, -0.05) is 6.92 Å². The van der Waals surface area contributed by atoms with Crippen LogP contribution in [-0.4, -0.2) is 29.6 Å². The van der Waals surface area contributed by atoms with Crippen LogP contribution in [0.3, 0.4) is 0 Å². The van der Waals surface area contributed by atoms with Crippen molar-refractivity contribution >= 4 is 11.5 Å². The monoisotopic (exact) mass is 254 g/mol. The molecule has 19 heavy (non-hydrogen) atoms. The number of hydrogen-bond donors (Lipinski definition) is 1. The van der Waals surface area contributed by atoms with Gasteiger partial charge in [-0.05, 0) is 12.1 Å². The Labute approximate surface area is 108 Å². The highest BCUT2D eigenvalue weighted by molar-refractivity contribution is 5.51. The summed E-state index contributed by atoms with van der Waals surface area (Å²) >= 11 is 0. The van der Waals surface area contributed by atoms with E-state index in [9.17, 15) is 0 Å². The molecule has 2 N–H and O–H groups in total. The standard InChI is InChI=1S/C11H10N8/c1-2-8-15-16-9-3-4-10(17-18(8)9)19-11(13)7(5-12)6-14-19/h3-4,6H,2,13H2,1H3. The minimum Gasteiger partial charge on any atom is -0.382 e. The first-order chi connectivity index (χ1) is 9.24. The van der Waals surface area contributed by atoms with E-state index in [1.165, 1.54) is 10.9 Å². The van der Waals surface area contributed by atoms with Crippen molar-refractivity contribution in [1.29, 1.82) is 5.26 Å². The second-order valence-corrected chi connectivity index (χ2v) is 3.90. The Morgan fingerprint density at radius 2 is 2.21 bits per heavy atom. The first kappa shape index (κ1) is 11.2. The molecule has 3 rings (SSSR count). The summed E-state index contributed by atoms with van der Waals surface area (Å²) < 4.78 is 3.06. The number of nitrogen functional groups attached to an aromatic ring is 1. The minimum atomic E-state index is 0.264. The van der Waals surface area contributed by atoms with E-state index in [1.807, 2.05) is 13.0 Å². The number of fused-ring (bicyclic) bond motifs is 1. The fourth-order valence-corrected chi connectivity index (χ4v) is 1.78. The lowest BCUT2D eigenvalue weighted by Crippen LogP contribution is -2.08. The van der Waals surface area contributed by atoms with Crippen LogP contribution in [0, 0.1) is 11.3 Å². The molecule has 0 aliphatic heterocycles. The van der Waals surface area contributed by atoms with Crippen LogP contribution in [0.5, 0.6) is 0 Å². The third-order valence-electron chi connectivity index (χ3n) is 2.77. The number of nitriles is 1. The van der Waals surface area contributed by atoms with Crippen LogP contribution in [0.1, 0.15) is 18.3 Å². The fourth-order valence-electron chi connectivity index (χ4n) is 1.78. The summed E-state index contributed by atoms with van der Waals surface area (Å²) in [6, 6.07) is 5.48. The average molecular weight is 254 g/mol. The topological polar surface area (TPSA) is 111 Å². The van der Waals surface area contributed by atoms with Crippen molar-refractivity contribution in [3.63, 3.8) is 0 Å². The summed E-state index contributed by atoms with van der Waals surface area (Å²) in [6.07, 6.45) is 2.13. The van der Waals surface area contributed by atoms with Crippen LogP contribution in [0.2, 0.25) is 0 Å². The highest BCUT2D eigenvalue weighted by Crippen LogP contribution is 2.15. The molecule has 0 aliphatic rings. The van der Waals surface area contributed by atoms with Gasteiger partial charge < -0.3 is 5.73 Å². The number of hydrogen-bond acceptors (Lipinski definition) is 6. The van der Waals surface area contributed by atoms with Crippen LogP contribution in [0.15, 0.2) is 18.3 Å². The molecule has 94 valence electrons. The third kappa shape index (κ3) is 1.60. The summed E-state index contributed by atoms with van der Waals surface area (Å²) in [7, 11) is 0. The second-order valence-electron chi connectivity index (χ2n) is 3.90. The molecule has 3 heterocycles. The molecular weight excluding hydrogens is 244 g/mol. The van der Waals surface area contributed by atoms with Gasteiger partial charge in [-0.2, -0.15) is 19.6 Å². The van der Waals surface area contributed by atoms with Crippen molar-refractivity contribution in [2.45, 2.75) is 13.3 Å². The van der Waals surface area contributed by atoms with Gasteiger partial charge in [-0.3, -0.25) is 0 Å². The van der Waals surface area contributed by atoms with Crippen molar-refractivity contribution < 1.29 is 0 Å². The smallest absolute Gasteiger partial charge is 0.178 e. The summed E-state index contributed by atoms with van der Waals surface area (Å²) in [5.74, 6) is 1.53. The molecule has 0 atom stereocenters. The van der Waals surface area contributed by atoms with Gasteiger partial charge in [-0.15, -0.1) is 15.3 Å². The predicted octanol–water partition coefficient (Wildman–Crippen LogP) is 0.326. The van der Waals surface area contributed by atoms with E-state index in [0.717, 1.165) is 12.2 Å². The highest BCUT2D eigenvalue weighted by atomic mass is 15.4. The third-order valence-corrected chi connectivity index (χ3v) is 2.77. The Hall–Kier alpha value is -2.95. The average Bonchev–Trinajstić information content (AvgIpc) is 3.01. The van der Waals surface area contributed by atoms with Gasteiger partial charge in [0.05, 0.1) is 6.20 Å². The molecule has 0 fully saturated rings. The van der Waals surface area contributed by atoms with E-state index < -0.39 is 0 Å². The van der Waals surface area contributed by atoms with E-state index in [1.54, 1.807) is 16.6 Å². The Kier molecular flexibility index (Phi) is 2.38. The molecule has 0 spiro atoms. The fraction of sp³-hybridized carbons (Fsp3) is 0.182. The van der Waals surface area contributed by atoms with Gasteiger partial charge in [0.1, 0.15) is 17.5 Å². The molecule has 0 aromatic carbocycles. The zero-order valence-corrected chi connectivity index (χ0v) is 10.1. The summed E-state index contributed by atoms with van der Waals surface area (Å²) in [5, 5.41) is 25.3. The second kappa shape index (κ2) is 4.06. The van der Waals surface area contributed by atoms with Crippen molar-refractivity contribution in [1.82, 2.24) is 29.6 Å². The zero-order valence-electron chi connectivity index (χ0n) is 10.1. The lowest BCUT2D eigenvalue weighted by Gasteiger charge is -2.03. The largest absolute Gasteiger partial charge is 0.382 e. The molecule has 0 bridgehead atoms. The van der Waals surface area contributed by atoms with E-state index >= 15 is 0 Å². The normalized spacial score (nSPS) is 10.7. The molecule has 0 radical (unpaired) electrons. The van der Waals surface area contributed by atoms with E-state index in [0.29, 0.717) is 17.0 Å². The lowest BCUT2D eigenvalue weighted by molar-refractivity contribution is 0.766. The minimum absolute atomic E-state index is 0.264. The maximum absolute atomic E-state index is 8.87. The summed E-state index contributed by atoms with van der Waals surface area (Å²) in [5.41, 5.74) is 6.81. The predicted molar refractivity (Wildman–Crippen MR) is 66.4 cm³/mol. The van der Waals surface area contributed by atoms with Crippen LogP contribution in [0.25, 0.3) is 11.5 Å². The quantitative estimate of drug-likeness (QED) is 0.705. The van der Waals surface area contributed by atoms with E-state index in [-0.39, 0.29) is 5.82 Å². The van der Waals surface area contributed by atoms with Gasteiger partial charge >= 0.3 is 0 Å². The van der Waals surface area contributed by atoms with Crippen LogP contribution in [0.4, 0.5) is 5.82 Å². The molecule has 8 heteroatoms. The van der Waals surface area contributed by atoms with Crippen LogP contribution in [-0.2, 0) is 6.42 Å². The molecule has 0 amide bonds. The summed E-state index contributed by atoms with van der Waals surface area (Å²) in [6.45, 7) is 1.97. The van der Waals surface area contributed by atoms with Gasteiger partial charge in [0.15, 0.2) is 17.3 Å². The molecule has 8 nitrogen and oxygen atoms in total. The number of nitrogens with zero attached hydrogens (tertiary/aromatic N) is 7. The van der Waals surface area contributed by atoms with Crippen molar-refractivity contribution in [2.24, 2.45) is 0 Å². The SMILES string of the molecule is CCc1nnc2ccc(-n3ncc(C#N)c3N)nn12. The van der Waals surface area contributed by atoms with Crippen molar-refractivity contribution in [3.05, 3.63) is 29.7 Å². The highest BCUT2D eigenvalue weighted by Gasteiger charge is 2.12. The summed E-state index contributed by atoms with van der Waals surface area (Å²) in [4.78, 5) is 0. The van der Waals surface area contributed by atoms with Gasteiger partial charge in [0.2, 0.25) is 0 Å². The van der Waals surface area contributed by atoms with Crippen LogP contribution >= 0.6 is 0 Å². The van der Waals surface area contributed by atoms with Crippen molar-refractivity contribution in [2.75, 3.05) is 5.73 Å². The zero-order chi connectivity index (χ0) is 13.4. The molecular formula is C11H10N8. The number of nitrogens with two attached hydrogens (primary N) is 1. The van der Waals surface area contributed by atoms with Gasteiger partial charge in [0.25, 0.3) is 0 Å². The van der Waals surface area contributed by atoms with Crippen molar-refractivity contribution in [3.8, 4) is 11.9 Å².